The molecule has 0 bridgehead atoms. The summed E-state index contributed by atoms with van der Waals surface area (Å²) in [5.41, 5.74) is 1.16. The number of hydrogen-bond donors (Lipinski definition) is 1. The van der Waals surface area contributed by atoms with E-state index < -0.39 is 0 Å². The Kier molecular flexibility index (Phi) is 3.28. The van der Waals surface area contributed by atoms with Gasteiger partial charge in [-0.05, 0) is 32.2 Å². The number of aliphatic hydroxyl groups excluding tert-OH is 1. The Morgan fingerprint density at radius 3 is 3.05 bits per heavy atom. The van der Waals surface area contributed by atoms with Crippen molar-refractivity contribution in [2.75, 3.05) is 6.54 Å². The van der Waals surface area contributed by atoms with Crippen molar-refractivity contribution >= 4 is 16.3 Å². The molecule has 3 heterocycles. The number of rotatable bonds is 3. The van der Waals surface area contributed by atoms with Crippen molar-refractivity contribution in [1.82, 2.24) is 14.3 Å². The number of fused-ring (bicyclic) bond motifs is 1. The van der Waals surface area contributed by atoms with E-state index in [1.54, 1.807) is 11.3 Å². The summed E-state index contributed by atoms with van der Waals surface area (Å²) in [7, 11) is 0. The van der Waals surface area contributed by atoms with Crippen LogP contribution in [0.5, 0.6) is 0 Å². The van der Waals surface area contributed by atoms with E-state index in [1.807, 2.05) is 0 Å². The van der Waals surface area contributed by atoms with Gasteiger partial charge in [-0.1, -0.05) is 6.42 Å². The molecule has 2 aliphatic rings. The zero-order chi connectivity index (χ0) is 13.5. The fourth-order valence-corrected chi connectivity index (χ4v) is 4.73. The molecule has 2 aromatic rings. The van der Waals surface area contributed by atoms with Crippen molar-refractivity contribution in [1.29, 1.82) is 0 Å². The van der Waals surface area contributed by atoms with Crippen LogP contribution >= 0.6 is 11.3 Å². The number of nitrogens with zero attached hydrogens (tertiary/aromatic N) is 3. The molecule has 4 nitrogen and oxygen atoms in total. The van der Waals surface area contributed by atoms with Gasteiger partial charge in [-0.2, -0.15) is 0 Å². The van der Waals surface area contributed by atoms with Crippen LogP contribution in [0.2, 0.25) is 0 Å². The lowest BCUT2D eigenvalue weighted by atomic mass is 9.94. The second-order valence-electron chi connectivity index (χ2n) is 6.17. The molecular weight excluding hydrogens is 270 g/mol. The van der Waals surface area contributed by atoms with Crippen molar-refractivity contribution in [3.63, 3.8) is 0 Å². The molecule has 1 N–H and O–H groups in total. The standard InChI is InChI=1S/C15H21N3OS/c19-14-5-1-3-12(14)13-4-2-6-17(13)9-11-10-18-7-8-20-15(18)16-11/h7-8,10,12-14,19H,1-6,9H2. The summed E-state index contributed by atoms with van der Waals surface area (Å²) in [6, 6.07) is 0.562. The summed E-state index contributed by atoms with van der Waals surface area (Å²) in [5.74, 6) is 0.487. The average Bonchev–Trinajstić information content (AvgIpc) is 3.12. The predicted octanol–water partition coefficient (Wildman–Crippen LogP) is 2.52. The second-order valence-corrected chi connectivity index (χ2v) is 7.04. The second kappa shape index (κ2) is 5.13. The van der Waals surface area contributed by atoms with Gasteiger partial charge in [0.05, 0.1) is 11.8 Å². The monoisotopic (exact) mass is 291 g/mol. The summed E-state index contributed by atoms with van der Waals surface area (Å²) in [4.78, 5) is 8.32. The highest BCUT2D eigenvalue weighted by Crippen LogP contribution is 2.36. The Morgan fingerprint density at radius 1 is 1.30 bits per heavy atom. The van der Waals surface area contributed by atoms with Gasteiger partial charge in [0.1, 0.15) is 0 Å². The van der Waals surface area contributed by atoms with E-state index in [1.165, 1.54) is 25.7 Å². The third-order valence-corrected chi connectivity index (χ3v) is 5.72. The van der Waals surface area contributed by atoms with Crippen molar-refractivity contribution in [3.8, 4) is 0 Å². The summed E-state index contributed by atoms with van der Waals surface area (Å²) >= 11 is 1.69. The smallest absolute Gasteiger partial charge is 0.193 e. The van der Waals surface area contributed by atoms with Gasteiger partial charge < -0.3 is 5.11 Å². The molecule has 0 amide bonds. The fraction of sp³-hybridized carbons (Fsp3) is 0.667. The van der Waals surface area contributed by atoms with Crippen LogP contribution in [0.25, 0.3) is 4.96 Å². The molecular formula is C15H21N3OS. The van der Waals surface area contributed by atoms with Crippen LogP contribution in [-0.4, -0.2) is 38.1 Å². The first-order chi connectivity index (χ1) is 9.81. The lowest BCUT2D eigenvalue weighted by molar-refractivity contribution is 0.0714. The van der Waals surface area contributed by atoms with E-state index in [0.29, 0.717) is 12.0 Å². The first kappa shape index (κ1) is 12.8. The highest BCUT2D eigenvalue weighted by molar-refractivity contribution is 7.15. The highest BCUT2D eigenvalue weighted by atomic mass is 32.1. The third kappa shape index (κ3) is 2.18. The largest absolute Gasteiger partial charge is 0.393 e. The number of aliphatic hydroxyl groups is 1. The third-order valence-electron chi connectivity index (χ3n) is 4.95. The molecule has 1 aliphatic heterocycles. The molecule has 0 spiro atoms. The van der Waals surface area contributed by atoms with E-state index >= 15 is 0 Å². The Balaban J connectivity index is 1.50. The van der Waals surface area contributed by atoms with E-state index in [9.17, 15) is 5.11 Å². The summed E-state index contributed by atoms with van der Waals surface area (Å²) in [6.07, 6.45) is 10.0. The molecule has 1 saturated heterocycles. The molecule has 0 aromatic carbocycles. The number of thiazole rings is 1. The Bertz CT molecular complexity index is 564. The fourth-order valence-electron chi connectivity index (χ4n) is 4.01. The molecule has 20 heavy (non-hydrogen) atoms. The van der Waals surface area contributed by atoms with E-state index in [0.717, 1.165) is 30.2 Å². The van der Waals surface area contributed by atoms with Gasteiger partial charge in [0.25, 0.3) is 0 Å². The van der Waals surface area contributed by atoms with Crippen LogP contribution in [0, 0.1) is 5.92 Å². The summed E-state index contributed by atoms with van der Waals surface area (Å²) in [6.45, 7) is 2.08. The topological polar surface area (TPSA) is 40.8 Å². The van der Waals surface area contributed by atoms with Crippen LogP contribution in [0.3, 0.4) is 0 Å². The highest BCUT2D eigenvalue weighted by Gasteiger charge is 2.38. The lowest BCUT2D eigenvalue weighted by Crippen LogP contribution is -2.38. The van der Waals surface area contributed by atoms with Gasteiger partial charge in [-0.25, -0.2) is 4.98 Å². The number of aromatic nitrogens is 2. The zero-order valence-corrected chi connectivity index (χ0v) is 12.4. The molecule has 4 rings (SSSR count). The predicted molar refractivity (Wildman–Crippen MR) is 79.8 cm³/mol. The lowest BCUT2D eigenvalue weighted by Gasteiger charge is -2.30. The van der Waals surface area contributed by atoms with Gasteiger partial charge >= 0.3 is 0 Å². The maximum atomic E-state index is 10.2. The minimum atomic E-state index is -0.0777. The SMILES string of the molecule is OC1CCCC1C1CCCN1Cc1cn2ccsc2n1. The summed E-state index contributed by atoms with van der Waals surface area (Å²) < 4.78 is 2.11. The number of imidazole rings is 1. The normalized spacial score (nSPS) is 31.6. The van der Waals surface area contributed by atoms with Gasteiger partial charge in [0, 0.05) is 36.3 Å². The van der Waals surface area contributed by atoms with Crippen LogP contribution in [0.15, 0.2) is 17.8 Å². The maximum Gasteiger partial charge on any atom is 0.193 e. The van der Waals surface area contributed by atoms with Gasteiger partial charge in [-0.15, -0.1) is 11.3 Å². The first-order valence-corrected chi connectivity index (χ1v) is 8.52. The average molecular weight is 291 g/mol. The van der Waals surface area contributed by atoms with Crippen LogP contribution in [-0.2, 0) is 6.54 Å². The molecule has 3 atom stereocenters. The van der Waals surface area contributed by atoms with Crippen LogP contribution < -0.4 is 0 Å². The molecule has 5 heteroatoms. The molecule has 0 radical (unpaired) electrons. The van der Waals surface area contributed by atoms with Crippen LogP contribution in [0.1, 0.15) is 37.8 Å². The van der Waals surface area contributed by atoms with Crippen LogP contribution in [0.4, 0.5) is 0 Å². The van der Waals surface area contributed by atoms with Crippen molar-refractivity contribution in [2.45, 2.75) is 50.8 Å². The number of hydrogen-bond acceptors (Lipinski definition) is 4. The molecule has 1 saturated carbocycles. The van der Waals surface area contributed by atoms with Gasteiger partial charge in [-0.3, -0.25) is 9.30 Å². The first-order valence-electron chi connectivity index (χ1n) is 7.64. The Hall–Kier alpha value is -0.910. The minimum absolute atomic E-state index is 0.0777. The Labute approximate surface area is 123 Å². The van der Waals surface area contributed by atoms with E-state index in [4.69, 9.17) is 4.98 Å². The Morgan fingerprint density at radius 2 is 2.25 bits per heavy atom. The summed E-state index contributed by atoms with van der Waals surface area (Å²) in [5, 5.41) is 12.2. The van der Waals surface area contributed by atoms with Crippen molar-refractivity contribution in [3.05, 3.63) is 23.5 Å². The molecule has 108 valence electrons. The quantitative estimate of drug-likeness (QED) is 0.944. The van der Waals surface area contributed by atoms with Gasteiger partial charge in [0.15, 0.2) is 4.96 Å². The molecule has 2 aromatic heterocycles. The van der Waals surface area contributed by atoms with E-state index in [-0.39, 0.29) is 6.10 Å². The zero-order valence-electron chi connectivity index (χ0n) is 11.6. The number of likely N-dealkylation sites (tertiary alicyclic amines) is 1. The molecule has 2 fully saturated rings. The minimum Gasteiger partial charge on any atom is -0.393 e. The molecule has 1 aliphatic carbocycles. The maximum absolute atomic E-state index is 10.2. The van der Waals surface area contributed by atoms with Crippen molar-refractivity contribution < 1.29 is 5.11 Å². The van der Waals surface area contributed by atoms with E-state index in [2.05, 4.69) is 27.1 Å². The van der Waals surface area contributed by atoms with Crippen molar-refractivity contribution in [2.24, 2.45) is 5.92 Å². The van der Waals surface area contributed by atoms with Gasteiger partial charge in [0.2, 0.25) is 0 Å². The molecule has 3 unspecified atom stereocenters.